The molecule has 0 atom stereocenters. The summed E-state index contributed by atoms with van der Waals surface area (Å²) in [6, 6.07) is 4.94. The lowest BCUT2D eigenvalue weighted by molar-refractivity contribution is 0.0693. The quantitative estimate of drug-likeness (QED) is 0.693. The molecule has 0 aromatic heterocycles. The number of benzene rings is 1. The van der Waals surface area contributed by atoms with Crippen LogP contribution in [-0.4, -0.2) is 56.3 Å². The fourth-order valence-electron chi connectivity index (χ4n) is 3.66. The van der Waals surface area contributed by atoms with Crippen molar-refractivity contribution in [3.8, 4) is 5.75 Å². The van der Waals surface area contributed by atoms with Gasteiger partial charge in [0.05, 0.1) is 7.11 Å². The van der Waals surface area contributed by atoms with Gasteiger partial charge in [-0.3, -0.25) is 4.79 Å². The number of carbonyl (C=O) groups is 1. The zero-order valence-electron chi connectivity index (χ0n) is 16.2. The van der Waals surface area contributed by atoms with Crippen LogP contribution in [0.5, 0.6) is 5.75 Å². The lowest BCUT2D eigenvalue weighted by Gasteiger charge is -2.28. The van der Waals surface area contributed by atoms with Crippen molar-refractivity contribution in [1.82, 2.24) is 9.21 Å². The molecule has 0 aliphatic heterocycles. The van der Waals surface area contributed by atoms with E-state index >= 15 is 0 Å². The van der Waals surface area contributed by atoms with Crippen LogP contribution in [-0.2, 0) is 10.0 Å². The maximum atomic E-state index is 13.0. The van der Waals surface area contributed by atoms with Crippen molar-refractivity contribution >= 4 is 15.9 Å². The third-order valence-corrected chi connectivity index (χ3v) is 7.17. The van der Waals surface area contributed by atoms with Gasteiger partial charge in [-0.25, -0.2) is 8.42 Å². The van der Waals surface area contributed by atoms with E-state index in [4.69, 9.17) is 4.74 Å². The van der Waals surface area contributed by atoms with Gasteiger partial charge >= 0.3 is 0 Å². The Kier molecular flexibility index (Phi) is 7.06. The number of rotatable bonds is 8. The van der Waals surface area contributed by atoms with Crippen LogP contribution in [0.25, 0.3) is 0 Å². The van der Waals surface area contributed by atoms with Gasteiger partial charge in [-0.05, 0) is 38.0 Å². The molecule has 1 aromatic rings. The minimum atomic E-state index is -3.71. The molecule has 0 N–H and O–H groups in total. The van der Waals surface area contributed by atoms with Crippen molar-refractivity contribution in [1.29, 1.82) is 0 Å². The monoisotopic (exact) mass is 382 g/mol. The van der Waals surface area contributed by atoms with Gasteiger partial charge in [0.15, 0.2) is 0 Å². The van der Waals surface area contributed by atoms with Gasteiger partial charge in [0.1, 0.15) is 10.6 Å². The molecule has 1 fully saturated rings. The number of amides is 1. The van der Waals surface area contributed by atoms with Gasteiger partial charge in [0, 0.05) is 31.2 Å². The normalized spacial score (nSPS) is 15.4. The molecule has 26 heavy (non-hydrogen) atoms. The molecule has 0 bridgehead atoms. The second-order valence-electron chi connectivity index (χ2n) is 6.48. The molecule has 1 saturated carbocycles. The van der Waals surface area contributed by atoms with Crippen LogP contribution in [0.4, 0.5) is 0 Å². The Labute approximate surface area is 157 Å². The van der Waals surface area contributed by atoms with E-state index in [1.54, 1.807) is 26.0 Å². The zero-order chi connectivity index (χ0) is 19.3. The molecule has 146 valence electrons. The third kappa shape index (κ3) is 4.04. The second kappa shape index (κ2) is 8.86. The topological polar surface area (TPSA) is 66.9 Å². The minimum absolute atomic E-state index is 0.0528. The summed E-state index contributed by atoms with van der Waals surface area (Å²) in [4.78, 5) is 14.9. The zero-order valence-corrected chi connectivity index (χ0v) is 17.0. The minimum Gasteiger partial charge on any atom is -0.495 e. The summed E-state index contributed by atoms with van der Waals surface area (Å²) < 4.78 is 32.6. The lowest BCUT2D eigenvalue weighted by Crippen LogP contribution is -2.38. The maximum Gasteiger partial charge on any atom is 0.254 e. The van der Waals surface area contributed by atoms with Crippen molar-refractivity contribution in [2.24, 2.45) is 0 Å². The average Bonchev–Trinajstić information content (AvgIpc) is 3.16. The highest BCUT2D eigenvalue weighted by atomic mass is 32.2. The van der Waals surface area contributed by atoms with Crippen molar-refractivity contribution in [3.63, 3.8) is 0 Å². The van der Waals surface area contributed by atoms with Gasteiger partial charge in [-0.2, -0.15) is 4.31 Å². The summed E-state index contributed by atoms with van der Waals surface area (Å²) in [5.74, 6) is 0.149. The first-order chi connectivity index (χ1) is 12.4. The molecule has 0 radical (unpaired) electrons. The summed E-state index contributed by atoms with van der Waals surface area (Å²) in [6.45, 7) is 6.90. The van der Waals surface area contributed by atoms with Crippen molar-refractivity contribution < 1.29 is 17.9 Å². The van der Waals surface area contributed by atoms with E-state index in [9.17, 15) is 13.2 Å². The molecule has 0 saturated heterocycles. The van der Waals surface area contributed by atoms with E-state index in [0.717, 1.165) is 25.7 Å². The van der Waals surface area contributed by atoms with E-state index < -0.39 is 10.0 Å². The number of hydrogen-bond acceptors (Lipinski definition) is 4. The standard InChI is InChI=1S/C19H30N2O4S/c1-5-20(6-2)26(23,24)18-14-15(12-13-17(18)25-4)19(22)21(7-3)16-10-8-9-11-16/h12-14,16H,5-11H2,1-4H3. The smallest absolute Gasteiger partial charge is 0.254 e. The van der Waals surface area contributed by atoms with Gasteiger partial charge < -0.3 is 9.64 Å². The van der Waals surface area contributed by atoms with E-state index in [-0.39, 0.29) is 22.6 Å². The van der Waals surface area contributed by atoms with Gasteiger partial charge in [-0.15, -0.1) is 0 Å². The second-order valence-corrected chi connectivity index (χ2v) is 8.39. The van der Waals surface area contributed by atoms with Crippen molar-refractivity contribution in [2.75, 3.05) is 26.7 Å². The molecule has 0 heterocycles. The average molecular weight is 383 g/mol. The van der Waals surface area contributed by atoms with E-state index in [0.29, 0.717) is 25.2 Å². The Morgan fingerprint density at radius 3 is 2.23 bits per heavy atom. The van der Waals surface area contributed by atoms with Gasteiger partial charge in [0.25, 0.3) is 5.91 Å². The Morgan fingerprint density at radius 1 is 1.12 bits per heavy atom. The van der Waals surface area contributed by atoms with Gasteiger partial charge in [-0.1, -0.05) is 26.7 Å². The highest BCUT2D eigenvalue weighted by Gasteiger charge is 2.30. The molecule has 1 aliphatic rings. The molecule has 1 aromatic carbocycles. The predicted molar refractivity (Wildman–Crippen MR) is 102 cm³/mol. The number of ether oxygens (including phenoxy) is 1. The Hall–Kier alpha value is -1.60. The number of carbonyl (C=O) groups excluding carboxylic acids is 1. The SMILES string of the molecule is CCN(C(=O)c1ccc(OC)c(S(=O)(=O)N(CC)CC)c1)C1CCCC1. The largest absolute Gasteiger partial charge is 0.495 e. The molecular formula is C19H30N2O4S. The van der Waals surface area contributed by atoms with Crippen LogP contribution in [0.2, 0.25) is 0 Å². The van der Waals surface area contributed by atoms with Crippen LogP contribution in [0.15, 0.2) is 23.1 Å². The highest BCUT2D eigenvalue weighted by molar-refractivity contribution is 7.89. The predicted octanol–water partition coefficient (Wildman–Crippen LogP) is 3.13. The molecule has 1 amide bonds. The fourth-order valence-corrected chi connectivity index (χ4v) is 5.30. The summed E-state index contributed by atoms with van der Waals surface area (Å²) >= 11 is 0. The van der Waals surface area contributed by atoms with Crippen LogP contribution in [0.3, 0.4) is 0 Å². The first kappa shape index (κ1) is 20.7. The van der Waals surface area contributed by atoms with E-state index in [2.05, 4.69) is 0 Å². The van der Waals surface area contributed by atoms with Crippen LogP contribution in [0.1, 0.15) is 56.8 Å². The van der Waals surface area contributed by atoms with Crippen LogP contribution in [0, 0.1) is 0 Å². The summed E-state index contributed by atoms with van der Waals surface area (Å²) in [7, 11) is -2.27. The molecule has 6 nitrogen and oxygen atoms in total. The first-order valence-corrected chi connectivity index (χ1v) is 10.8. The number of sulfonamides is 1. The van der Waals surface area contributed by atoms with Crippen molar-refractivity contribution in [2.45, 2.75) is 57.4 Å². The molecular weight excluding hydrogens is 352 g/mol. The molecule has 7 heteroatoms. The molecule has 0 spiro atoms. The van der Waals surface area contributed by atoms with Crippen LogP contribution >= 0.6 is 0 Å². The highest BCUT2D eigenvalue weighted by Crippen LogP contribution is 2.30. The number of nitrogens with zero attached hydrogens (tertiary/aromatic N) is 2. The molecule has 0 unspecified atom stereocenters. The Morgan fingerprint density at radius 2 is 1.73 bits per heavy atom. The maximum absolute atomic E-state index is 13.0. The summed E-state index contributed by atoms with van der Waals surface area (Å²) in [5, 5.41) is 0. The number of hydrogen-bond donors (Lipinski definition) is 0. The van der Waals surface area contributed by atoms with E-state index in [1.807, 2.05) is 11.8 Å². The third-order valence-electron chi connectivity index (χ3n) is 5.10. The number of methoxy groups -OCH3 is 1. The Bertz CT molecular complexity index is 723. The Balaban J connectivity index is 2.44. The lowest BCUT2D eigenvalue weighted by atomic mass is 10.1. The summed E-state index contributed by atoms with van der Waals surface area (Å²) in [5.41, 5.74) is 0.394. The fraction of sp³-hybridized carbons (Fsp3) is 0.632. The van der Waals surface area contributed by atoms with Crippen LogP contribution < -0.4 is 4.74 Å². The summed E-state index contributed by atoms with van der Waals surface area (Å²) in [6.07, 6.45) is 4.30. The van der Waals surface area contributed by atoms with E-state index in [1.165, 1.54) is 17.5 Å². The van der Waals surface area contributed by atoms with Gasteiger partial charge in [0.2, 0.25) is 10.0 Å². The first-order valence-electron chi connectivity index (χ1n) is 9.39. The van der Waals surface area contributed by atoms with Crippen molar-refractivity contribution in [3.05, 3.63) is 23.8 Å². The molecule has 1 aliphatic carbocycles. The molecule has 2 rings (SSSR count).